The molecule has 1 atom stereocenters. The SMILES string of the molecule is O=S1(=O)CC[C@@H](N(Cc2ccc(Sc3ccccc3)o2)S(=O)(=O)c2ccc(F)cc2)C1. The molecule has 164 valence electrons. The van der Waals surface area contributed by atoms with Crippen molar-refractivity contribution in [3.63, 3.8) is 0 Å². The minimum atomic E-state index is -4.06. The first kappa shape index (κ1) is 22.1. The van der Waals surface area contributed by atoms with E-state index in [-0.39, 0.29) is 29.4 Å². The molecule has 0 amide bonds. The van der Waals surface area contributed by atoms with Crippen LogP contribution in [-0.4, -0.2) is 38.7 Å². The molecule has 0 bridgehead atoms. The number of benzene rings is 2. The Bertz CT molecular complexity index is 1260. The largest absolute Gasteiger partial charge is 0.453 e. The first-order valence-corrected chi connectivity index (χ1v) is 13.6. The molecule has 31 heavy (non-hydrogen) atoms. The zero-order valence-corrected chi connectivity index (χ0v) is 18.8. The number of nitrogens with zero attached hydrogens (tertiary/aromatic N) is 1. The molecule has 1 saturated heterocycles. The Labute approximate surface area is 185 Å². The average molecular weight is 482 g/mol. The summed E-state index contributed by atoms with van der Waals surface area (Å²) < 4.78 is 70.9. The monoisotopic (exact) mass is 481 g/mol. The van der Waals surface area contributed by atoms with E-state index in [2.05, 4.69) is 0 Å². The number of rotatable bonds is 7. The molecule has 4 rings (SSSR count). The van der Waals surface area contributed by atoms with Gasteiger partial charge in [0.25, 0.3) is 0 Å². The van der Waals surface area contributed by atoms with E-state index in [0.717, 1.165) is 21.3 Å². The molecule has 0 N–H and O–H groups in total. The van der Waals surface area contributed by atoms with Crippen LogP contribution < -0.4 is 0 Å². The molecule has 0 aliphatic carbocycles. The second kappa shape index (κ2) is 8.78. The van der Waals surface area contributed by atoms with Crippen molar-refractivity contribution in [3.05, 3.63) is 78.3 Å². The van der Waals surface area contributed by atoms with Gasteiger partial charge in [0.2, 0.25) is 10.0 Å². The van der Waals surface area contributed by atoms with Crippen molar-refractivity contribution in [2.45, 2.75) is 33.9 Å². The van der Waals surface area contributed by atoms with Gasteiger partial charge in [-0.25, -0.2) is 21.2 Å². The molecule has 3 aromatic rings. The Balaban J connectivity index is 1.62. The van der Waals surface area contributed by atoms with E-state index >= 15 is 0 Å². The van der Waals surface area contributed by atoms with Crippen molar-refractivity contribution in [1.29, 1.82) is 0 Å². The molecule has 0 saturated carbocycles. The van der Waals surface area contributed by atoms with Crippen molar-refractivity contribution in [2.75, 3.05) is 11.5 Å². The minimum Gasteiger partial charge on any atom is -0.453 e. The lowest BCUT2D eigenvalue weighted by Crippen LogP contribution is -2.40. The van der Waals surface area contributed by atoms with Gasteiger partial charge in [0.15, 0.2) is 14.9 Å². The zero-order valence-electron chi connectivity index (χ0n) is 16.3. The van der Waals surface area contributed by atoms with Crippen LogP contribution in [0.4, 0.5) is 4.39 Å². The number of furan rings is 1. The van der Waals surface area contributed by atoms with E-state index in [9.17, 15) is 21.2 Å². The lowest BCUT2D eigenvalue weighted by atomic mass is 10.2. The Hall–Kier alpha value is -2.14. The van der Waals surface area contributed by atoms with Crippen LogP contribution in [-0.2, 0) is 26.4 Å². The van der Waals surface area contributed by atoms with Crippen molar-refractivity contribution in [3.8, 4) is 0 Å². The summed E-state index contributed by atoms with van der Waals surface area (Å²) in [5.41, 5.74) is 0. The summed E-state index contributed by atoms with van der Waals surface area (Å²) in [6.07, 6.45) is 0.203. The highest BCUT2D eigenvalue weighted by molar-refractivity contribution is 7.99. The second-order valence-electron chi connectivity index (χ2n) is 7.20. The van der Waals surface area contributed by atoms with Crippen LogP contribution in [0.2, 0.25) is 0 Å². The summed E-state index contributed by atoms with van der Waals surface area (Å²) in [6, 6.07) is 16.8. The summed E-state index contributed by atoms with van der Waals surface area (Å²) in [7, 11) is -7.38. The van der Waals surface area contributed by atoms with Crippen LogP contribution in [0.15, 0.2) is 86.0 Å². The summed E-state index contributed by atoms with van der Waals surface area (Å²) in [5.74, 6) is -0.476. The van der Waals surface area contributed by atoms with Gasteiger partial charge in [0.05, 0.1) is 22.9 Å². The van der Waals surface area contributed by atoms with Gasteiger partial charge in [-0.1, -0.05) is 30.0 Å². The van der Waals surface area contributed by atoms with Crippen molar-refractivity contribution < 1.29 is 25.6 Å². The van der Waals surface area contributed by atoms with Gasteiger partial charge in [0.1, 0.15) is 11.6 Å². The molecule has 1 aliphatic rings. The Kier molecular flexibility index (Phi) is 6.25. The van der Waals surface area contributed by atoms with Gasteiger partial charge in [-0.3, -0.25) is 0 Å². The zero-order chi connectivity index (χ0) is 22.1. The third kappa shape index (κ3) is 5.20. The Morgan fingerprint density at radius 2 is 1.74 bits per heavy atom. The second-order valence-corrected chi connectivity index (χ2v) is 12.4. The molecule has 0 radical (unpaired) electrons. The smallest absolute Gasteiger partial charge is 0.243 e. The average Bonchev–Trinajstić information content (AvgIpc) is 3.32. The Morgan fingerprint density at radius 1 is 1.03 bits per heavy atom. The molecule has 10 heteroatoms. The molecule has 6 nitrogen and oxygen atoms in total. The number of sulfonamides is 1. The molecule has 0 spiro atoms. The van der Waals surface area contributed by atoms with E-state index < -0.39 is 31.7 Å². The van der Waals surface area contributed by atoms with Gasteiger partial charge in [-0.05, 0) is 55.0 Å². The normalized spacial score (nSPS) is 18.5. The standard InChI is InChI=1S/C21H20FNO5S3/c22-16-6-9-20(10-7-16)31(26,27)23(17-12-13-30(24,25)15-17)14-18-8-11-21(28-18)29-19-4-2-1-3-5-19/h1-11,17H,12-15H2/t17-/m1/s1. The van der Waals surface area contributed by atoms with Gasteiger partial charge >= 0.3 is 0 Å². The maximum atomic E-state index is 13.3. The van der Waals surface area contributed by atoms with Gasteiger partial charge in [0, 0.05) is 10.9 Å². The quantitative estimate of drug-likeness (QED) is 0.508. The summed E-state index contributed by atoms with van der Waals surface area (Å²) in [4.78, 5) is 0.879. The number of sulfone groups is 1. The molecular weight excluding hydrogens is 461 g/mol. The maximum Gasteiger partial charge on any atom is 0.243 e. The number of hydrogen-bond acceptors (Lipinski definition) is 6. The fraction of sp³-hybridized carbons (Fsp3) is 0.238. The Morgan fingerprint density at radius 3 is 2.39 bits per heavy atom. The lowest BCUT2D eigenvalue weighted by molar-refractivity contribution is 0.296. The van der Waals surface area contributed by atoms with Gasteiger partial charge in [-0.15, -0.1) is 0 Å². The molecule has 1 fully saturated rings. The van der Waals surface area contributed by atoms with Crippen LogP contribution in [0.25, 0.3) is 0 Å². The maximum absolute atomic E-state index is 13.3. The van der Waals surface area contributed by atoms with Crippen molar-refractivity contribution in [1.82, 2.24) is 4.31 Å². The van der Waals surface area contributed by atoms with Crippen LogP contribution in [0, 0.1) is 5.82 Å². The van der Waals surface area contributed by atoms with E-state index in [1.54, 1.807) is 12.1 Å². The van der Waals surface area contributed by atoms with Crippen LogP contribution in [0.5, 0.6) is 0 Å². The highest BCUT2D eigenvalue weighted by Gasteiger charge is 2.39. The van der Waals surface area contributed by atoms with E-state index in [4.69, 9.17) is 4.42 Å². The predicted molar refractivity (Wildman–Crippen MR) is 115 cm³/mol. The fourth-order valence-electron chi connectivity index (χ4n) is 3.41. The fourth-order valence-corrected chi connectivity index (χ4v) is 7.67. The molecule has 1 aromatic heterocycles. The van der Waals surface area contributed by atoms with Crippen LogP contribution >= 0.6 is 11.8 Å². The van der Waals surface area contributed by atoms with Crippen LogP contribution in [0.3, 0.4) is 0 Å². The van der Waals surface area contributed by atoms with Crippen LogP contribution in [0.1, 0.15) is 12.2 Å². The minimum absolute atomic E-state index is 0.0691. The highest BCUT2D eigenvalue weighted by atomic mass is 32.2. The molecule has 1 aliphatic heterocycles. The molecule has 0 unspecified atom stereocenters. The molecule has 2 aromatic carbocycles. The van der Waals surface area contributed by atoms with Gasteiger partial charge < -0.3 is 4.42 Å². The summed E-state index contributed by atoms with van der Waals surface area (Å²) >= 11 is 1.40. The topological polar surface area (TPSA) is 84.7 Å². The van der Waals surface area contributed by atoms with E-state index in [1.807, 2.05) is 30.3 Å². The molecule has 2 heterocycles. The van der Waals surface area contributed by atoms with Crippen molar-refractivity contribution >= 4 is 31.6 Å². The van der Waals surface area contributed by atoms with Gasteiger partial charge in [-0.2, -0.15) is 4.31 Å². The third-order valence-corrected chi connectivity index (χ3v) is 9.54. The third-order valence-electron chi connectivity index (χ3n) is 4.95. The first-order chi connectivity index (χ1) is 14.7. The summed E-state index contributed by atoms with van der Waals surface area (Å²) in [6.45, 7) is -0.116. The van der Waals surface area contributed by atoms with E-state index in [1.165, 1.54) is 23.9 Å². The van der Waals surface area contributed by atoms with Crippen molar-refractivity contribution in [2.24, 2.45) is 0 Å². The lowest BCUT2D eigenvalue weighted by Gasteiger charge is -2.26. The number of halogens is 1. The van der Waals surface area contributed by atoms with E-state index in [0.29, 0.717) is 10.9 Å². The first-order valence-electron chi connectivity index (χ1n) is 9.52. The molecular formula is C21H20FNO5S3. The predicted octanol–water partition coefficient (Wildman–Crippen LogP) is 3.95. The number of hydrogen-bond donors (Lipinski definition) is 0. The highest BCUT2D eigenvalue weighted by Crippen LogP contribution is 2.32. The summed E-state index contributed by atoms with van der Waals surface area (Å²) in [5, 5.41) is 0.597.